The van der Waals surface area contributed by atoms with Gasteiger partial charge in [0.2, 0.25) is 5.91 Å². The average Bonchev–Trinajstić information content (AvgIpc) is 2.73. The Balaban J connectivity index is 1.78. The molecule has 1 atom stereocenters. The number of piperidine rings is 1. The molecular weight excluding hydrogens is 204 g/mol. The average molecular weight is 222 g/mol. The van der Waals surface area contributed by atoms with Crippen molar-refractivity contribution in [1.82, 2.24) is 20.4 Å². The number of amides is 1. The predicted molar refractivity (Wildman–Crippen MR) is 60.7 cm³/mol. The molecule has 5 nitrogen and oxygen atoms in total. The minimum Gasteiger partial charge on any atom is -0.349 e. The van der Waals surface area contributed by atoms with Crippen molar-refractivity contribution >= 4 is 5.91 Å². The van der Waals surface area contributed by atoms with E-state index in [4.69, 9.17) is 0 Å². The fourth-order valence-electron chi connectivity index (χ4n) is 1.93. The van der Waals surface area contributed by atoms with Crippen molar-refractivity contribution in [3.63, 3.8) is 0 Å². The molecule has 1 aliphatic rings. The minimum atomic E-state index is -0.0162. The maximum atomic E-state index is 11.8. The third-order valence-corrected chi connectivity index (χ3v) is 2.84. The van der Waals surface area contributed by atoms with Crippen LogP contribution in [-0.4, -0.2) is 28.3 Å². The highest BCUT2D eigenvalue weighted by Crippen LogP contribution is 2.06. The summed E-state index contributed by atoms with van der Waals surface area (Å²) in [5.41, 5.74) is 0.895. The smallest absolute Gasteiger partial charge is 0.237 e. The quantitative estimate of drug-likeness (QED) is 0.767. The number of aromatic nitrogens is 2. The summed E-state index contributed by atoms with van der Waals surface area (Å²) in [5, 5.41) is 10.3. The number of rotatable bonds is 3. The lowest BCUT2D eigenvalue weighted by Crippen LogP contribution is -2.46. The van der Waals surface area contributed by atoms with E-state index in [1.807, 2.05) is 19.3 Å². The van der Waals surface area contributed by atoms with E-state index in [0.717, 1.165) is 25.1 Å². The predicted octanol–water partition coefficient (Wildman–Crippen LogP) is 0.178. The van der Waals surface area contributed by atoms with Crippen LogP contribution in [0, 0.1) is 0 Å². The van der Waals surface area contributed by atoms with Crippen LogP contribution < -0.4 is 10.6 Å². The summed E-state index contributed by atoms with van der Waals surface area (Å²) >= 11 is 0. The topological polar surface area (TPSA) is 59.0 Å². The van der Waals surface area contributed by atoms with E-state index >= 15 is 0 Å². The zero-order chi connectivity index (χ0) is 11.4. The first-order chi connectivity index (χ1) is 7.75. The van der Waals surface area contributed by atoms with Gasteiger partial charge in [0.15, 0.2) is 0 Å². The van der Waals surface area contributed by atoms with Crippen LogP contribution in [0.25, 0.3) is 0 Å². The number of hydrogen-bond acceptors (Lipinski definition) is 3. The molecule has 1 aromatic heterocycles. The number of carbonyl (C=O) groups excluding carboxylic acids is 1. The Morgan fingerprint density at radius 1 is 1.69 bits per heavy atom. The van der Waals surface area contributed by atoms with Gasteiger partial charge in [-0.3, -0.25) is 9.48 Å². The third-order valence-electron chi connectivity index (χ3n) is 2.84. The summed E-state index contributed by atoms with van der Waals surface area (Å²) < 4.78 is 1.74. The lowest BCUT2D eigenvalue weighted by atomic mass is 10.0. The molecule has 1 aromatic rings. The van der Waals surface area contributed by atoms with Gasteiger partial charge in [-0.15, -0.1) is 0 Å². The first-order valence-corrected chi connectivity index (χ1v) is 5.75. The van der Waals surface area contributed by atoms with Crippen LogP contribution in [0.5, 0.6) is 0 Å². The van der Waals surface area contributed by atoms with E-state index < -0.39 is 0 Å². The molecule has 2 N–H and O–H groups in total. The molecular formula is C11H18N4O. The molecule has 1 saturated heterocycles. The normalized spacial score (nSPS) is 20.7. The van der Waals surface area contributed by atoms with Crippen molar-refractivity contribution in [2.45, 2.75) is 31.8 Å². The van der Waals surface area contributed by atoms with Gasteiger partial charge < -0.3 is 10.6 Å². The van der Waals surface area contributed by atoms with Gasteiger partial charge in [-0.25, -0.2) is 0 Å². The van der Waals surface area contributed by atoms with E-state index in [1.54, 1.807) is 4.68 Å². The highest BCUT2D eigenvalue weighted by Gasteiger charge is 2.19. The van der Waals surface area contributed by atoms with Gasteiger partial charge in [0.25, 0.3) is 0 Å². The maximum absolute atomic E-state index is 11.8. The number of hydrogen-bond donors (Lipinski definition) is 2. The van der Waals surface area contributed by atoms with Crippen molar-refractivity contribution in [3.05, 3.63) is 18.0 Å². The molecule has 0 aromatic carbocycles. The lowest BCUT2D eigenvalue weighted by Gasteiger charge is -2.22. The molecule has 1 unspecified atom stereocenters. The molecule has 2 heterocycles. The summed E-state index contributed by atoms with van der Waals surface area (Å²) in [4.78, 5) is 11.8. The van der Waals surface area contributed by atoms with E-state index in [1.165, 1.54) is 6.42 Å². The van der Waals surface area contributed by atoms with Crippen LogP contribution in [0.3, 0.4) is 0 Å². The van der Waals surface area contributed by atoms with Crippen molar-refractivity contribution < 1.29 is 4.79 Å². The molecule has 1 amide bonds. The SMILES string of the molecule is Cn1ccc(CNC(=O)C2CCCCN2)n1. The molecule has 5 heteroatoms. The summed E-state index contributed by atoms with van der Waals surface area (Å²) in [6, 6.07) is 1.90. The molecule has 1 fully saturated rings. The van der Waals surface area contributed by atoms with Crippen molar-refractivity contribution in [2.24, 2.45) is 7.05 Å². The molecule has 16 heavy (non-hydrogen) atoms. The van der Waals surface area contributed by atoms with Gasteiger partial charge in [0, 0.05) is 13.2 Å². The van der Waals surface area contributed by atoms with Crippen LogP contribution in [0.1, 0.15) is 25.0 Å². The summed E-state index contributed by atoms with van der Waals surface area (Å²) in [6.07, 6.45) is 5.12. The number of aryl methyl sites for hydroxylation is 1. The molecule has 88 valence electrons. The van der Waals surface area contributed by atoms with Crippen molar-refractivity contribution in [1.29, 1.82) is 0 Å². The third kappa shape index (κ3) is 2.82. The second-order valence-electron chi connectivity index (χ2n) is 4.20. The molecule has 0 spiro atoms. The van der Waals surface area contributed by atoms with Gasteiger partial charge >= 0.3 is 0 Å². The Bertz CT molecular complexity index is 355. The number of carbonyl (C=O) groups is 1. The Hall–Kier alpha value is -1.36. The Labute approximate surface area is 95.2 Å². The second kappa shape index (κ2) is 5.12. The van der Waals surface area contributed by atoms with Crippen LogP contribution in [0.4, 0.5) is 0 Å². The fraction of sp³-hybridized carbons (Fsp3) is 0.636. The fourth-order valence-corrected chi connectivity index (χ4v) is 1.93. The van der Waals surface area contributed by atoms with Crippen LogP contribution in [0.2, 0.25) is 0 Å². The summed E-state index contributed by atoms with van der Waals surface area (Å²) in [6.45, 7) is 1.46. The summed E-state index contributed by atoms with van der Waals surface area (Å²) in [5.74, 6) is 0.0883. The maximum Gasteiger partial charge on any atom is 0.237 e. The molecule has 0 saturated carbocycles. The second-order valence-corrected chi connectivity index (χ2v) is 4.20. The largest absolute Gasteiger partial charge is 0.349 e. The molecule has 0 radical (unpaired) electrons. The number of nitrogens with one attached hydrogen (secondary N) is 2. The van der Waals surface area contributed by atoms with E-state index in [9.17, 15) is 4.79 Å². The lowest BCUT2D eigenvalue weighted by molar-refractivity contribution is -0.123. The van der Waals surface area contributed by atoms with E-state index in [2.05, 4.69) is 15.7 Å². The zero-order valence-electron chi connectivity index (χ0n) is 9.57. The first-order valence-electron chi connectivity index (χ1n) is 5.75. The van der Waals surface area contributed by atoms with Crippen LogP contribution in [0.15, 0.2) is 12.3 Å². The van der Waals surface area contributed by atoms with Gasteiger partial charge in [-0.1, -0.05) is 6.42 Å². The van der Waals surface area contributed by atoms with Crippen LogP contribution >= 0.6 is 0 Å². The van der Waals surface area contributed by atoms with Crippen LogP contribution in [-0.2, 0) is 18.4 Å². The Morgan fingerprint density at radius 2 is 2.56 bits per heavy atom. The number of nitrogens with zero attached hydrogens (tertiary/aromatic N) is 2. The van der Waals surface area contributed by atoms with Gasteiger partial charge in [0.05, 0.1) is 18.3 Å². The monoisotopic (exact) mass is 222 g/mol. The highest BCUT2D eigenvalue weighted by atomic mass is 16.2. The minimum absolute atomic E-state index is 0.0162. The summed E-state index contributed by atoms with van der Waals surface area (Å²) in [7, 11) is 1.87. The first kappa shape index (κ1) is 11.1. The molecule has 0 bridgehead atoms. The molecule has 1 aliphatic heterocycles. The molecule has 2 rings (SSSR count). The molecule has 0 aliphatic carbocycles. The standard InChI is InChI=1S/C11H18N4O/c1-15-7-5-9(14-15)8-13-11(16)10-4-2-3-6-12-10/h5,7,10,12H,2-4,6,8H2,1H3,(H,13,16). The highest BCUT2D eigenvalue weighted by molar-refractivity contribution is 5.81. The van der Waals surface area contributed by atoms with E-state index in [-0.39, 0.29) is 11.9 Å². The Kier molecular flexibility index (Phi) is 3.56. The van der Waals surface area contributed by atoms with Gasteiger partial charge in [-0.05, 0) is 25.5 Å². The van der Waals surface area contributed by atoms with Gasteiger partial charge in [-0.2, -0.15) is 5.10 Å². The van der Waals surface area contributed by atoms with Crippen molar-refractivity contribution in [3.8, 4) is 0 Å². The zero-order valence-corrected chi connectivity index (χ0v) is 9.57. The Morgan fingerprint density at radius 3 is 3.19 bits per heavy atom. The van der Waals surface area contributed by atoms with E-state index in [0.29, 0.717) is 6.54 Å². The van der Waals surface area contributed by atoms with Gasteiger partial charge in [0.1, 0.15) is 0 Å². The van der Waals surface area contributed by atoms with Crippen molar-refractivity contribution in [2.75, 3.05) is 6.54 Å².